The van der Waals surface area contributed by atoms with Crippen molar-refractivity contribution in [1.82, 2.24) is 10.2 Å². The Kier molecular flexibility index (Phi) is 7.77. The number of nitrogens with zero attached hydrogens (tertiary/aromatic N) is 1. The van der Waals surface area contributed by atoms with Crippen molar-refractivity contribution in [3.05, 3.63) is 76.1 Å². The molecule has 1 saturated heterocycles. The molecule has 2 N–H and O–H groups in total. The predicted molar refractivity (Wildman–Crippen MR) is 111 cm³/mol. The zero-order chi connectivity index (χ0) is 20.6. The Morgan fingerprint density at radius 2 is 2.07 bits per heavy atom. The number of hydrogen-bond donors (Lipinski definition) is 2. The molecule has 7 heteroatoms. The molecule has 1 fully saturated rings. The van der Waals surface area contributed by atoms with E-state index in [2.05, 4.69) is 10.2 Å². The number of benzene rings is 2. The maximum atomic E-state index is 13.1. The van der Waals surface area contributed by atoms with Gasteiger partial charge in [-0.25, -0.2) is 4.39 Å². The highest BCUT2D eigenvalue weighted by Gasteiger charge is 2.15. The highest BCUT2D eigenvalue weighted by molar-refractivity contribution is 6.32. The summed E-state index contributed by atoms with van der Waals surface area (Å²) in [6.07, 6.45) is 2.83. The summed E-state index contributed by atoms with van der Waals surface area (Å²) in [5.41, 5.74) is 2.49. The Morgan fingerprint density at radius 3 is 2.79 bits per heavy atom. The number of halogens is 2. The monoisotopic (exact) mass is 418 g/mol. The average Bonchev–Trinajstić information content (AvgIpc) is 2.72. The van der Waals surface area contributed by atoms with Crippen LogP contribution in [0.15, 0.2) is 48.5 Å². The van der Waals surface area contributed by atoms with Gasteiger partial charge in [0.1, 0.15) is 5.82 Å². The summed E-state index contributed by atoms with van der Waals surface area (Å²) in [6, 6.07) is 11.3. The van der Waals surface area contributed by atoms with Gasteiger partial charge in [0.25, 0.3) is 0 Å². The van der Waals surface area contributed by atoms with Gasteiger partial charge in [-0.3, -0.25) is 9.69 Å². The maximum Gasteiger partial charge on any atom is 0.244 e. The van der Waals surface area contributed by atoms with Crippen LogP contribution in [-0.4, -0.2) is 48.8 Å². The summed E-state index contributed by atoms with van der Waals surface area (Å²) < 4.78 is 18.5. The van der Waals surface area contributed by atoms with Gasteiger partial charge in [-0.2, -0.15) is 0 Å². The number of carbonyl (C=O) groups is 1. The maximum absolute atomic E-state index is 13.1. The fourth-order valence-corrected chi connectivity index (χ4v) is 3.41. The van der Waals surface area contributed by atoms with E-state index in [1.807, 2.05) is 24.3 Å². The van der Waals surface area contributed by atoms with E-state index in [1.165, 1.54) is 30.4 Å². The minimum absolute atomic E-state index is 0.224. The highest BCUT2D eigenvalue weighted by atomic mass is 35.5. The van der Waals surface area contributed by atoms with Crippen molar-refractivity contribution >= 4 is 23.6 Å². The Morgan fingerprint density at radius 1 is 1.28 bits per heavy atom. The molecule has 0 radical (unpaired) electrons. The second-order valence-corrected chi connectivity index (χ2v) is 7.28. The van der Waals surface area contributed by atoms with E-state index in [4.69, 9.17) is 16.3 Å². The third kappa shape index (κ3) is 6.37. The molecule has 0 bridgehead atoms. The lowest BCUT2D eigenvalue weighted by Crippen LogP contribution is -2.35. The molecule has 0 aromatic heterocycles. The molecule has 1 amide bonds. The van der Waals surface area contributed by atoms with Crippen LogP contribution in [-0.2, 0) is 16.1 Å². The molecule has 0 unspecified atom stereocenters. The number of rotatable bonds is 7. The zero-order valence-corrected chi connectivity index (χ0v) is 16.7. The van der Waals surface area contributed by atoms with Gasteiger partial charge < -0.3 is 15.2 Å². The summed E-state index contributed by atoms with van der Waals surface area (Å²) in [7, 11) is 0. The molecule has 1 aliphatic heterocycles. The molecule has 0 spiro atoms. The SMILES string of the molecule is O=C(/C=C/c1ccc(F)cc1Cl)N[C@@H](CO)c1cccc(CN2CCOCC2)c1. The summed E-state index contributed by atoms with van der Waals surface area (Å²) in [6.45, 7) is 3.82. The van der Waals surface area contributed by atoms with E-state index in [0.29, 0.717) is 5.56 Å². The molecular formula is C22H24ClFN2O3. The quantitative estimate of drug-likeness (QED) is 0.678. The first kappa shape index (κ1) is 21.5. The molecule has 3 rings (SSSR count). The molecule has 1 heterocycles. The van der Waals surface area contributed by atoms with Crippen LogP contribution in [0.4, 0.5) is 4.39 Å². The van der Waals surface area contributed by atoms with Crippen LogP contribution in [0.1, 0.15) is 22.7 Å². The minimum atomic E-state index is -0.527. The number of carbonyl (C=O) groups excluding carboxylic acids is 1. The molecular weight excluding hydrogens is 395 g/mol. The summed E-state index contributed by atoms with van der Waals surface area (Å²) in [5, 5.41) is 12.8. The second kappa shape index (κ2) is 10.5. The summed E-state index contributed by atoms with van der Waals surface area (Å²) in [5.74, 6) is -0.808. The molecule has 0 saturated carbocycles. The summed E-state index contributed by atoms with van der Waals surface area (Å²) in [4.78, 5) is 14.6. The van der Waals surface area contributed by atoms with Crippen molar-refractivity contribution in [2.24, 2.45) is 0 Å². The van der Waals surface area contributed by atoms with Gasteiger partial charge in [-0.1, -0.05) is 41.9 Å². The van der Waals surface area contributed by atoms with Crippen LogP contribution in [0.25, 0.3) is 6.08 Å². The van der Waals surface area contributed by atoms with Gasteiger partial charge in [0.05, 0.1) is 30.9 Å². The normalized spacial score (nSPS) is 16.1. The third-order valence-corrected chi connectivity index (χ3v) is 5.07. The smallest absolute Gasteiger partial charge is 0.244 e. The van der Waals surface area contributed by atoms with Gasteiger partial charge in [0.15, 0.2) is 0 Å². The standard InChI is InChI=1S/C22H24ClFN2O3/c23-20-13-19(24)6-4-17(20)5-7-22(28)25-21(15-27)18-3-1-2-16(12-18)14-26-8-10-29-11-9-26/h1-7,12-13,21,27H,8-11,14-15H2,(H,25,28)/b7-5+/t21-/m0/s1. The van der Waals surface area contributed by atoms with E-state index >= 15 is 0 Å². The molecule has 0 aliphatic carbocycles. The molecule has 29 heavy (non-hydrogen) atoms. The van der Waals surface area contributed by atoms with E-state index in [0.717, 1.165) is 44.0 Å². The molecule has 154 valence electrons. The van der Waals surface area contributed by atoms with Crippen LogP contribution >= 0.6 is 11.6 Å². The second-order valence-electron chi connectivity index (χ2n) is 6.88. The predicted octanol–water partition coefficient (Wildman–Crippen LogP) is 3.17. The summed E-state index contributed by atoms with van der Waals surface area (Å²) >= 11 is 5.96. The molecule has 1 aliphatic rings. The number of ether oxygens (including phenoxy) is 1. The highest BCUT2D eigenvalue weighted by Crippen LogP contribution is 2.19. The topological polar surface area (TPSA) is 61.8 Å². The van der Waals surface area contributed by atoms with Crippen molar-refractivity contribution in [3.63, 3.8) is 0 Å². The van der Waals surface area contributed by atoms with Gasteiger partial charge in [0.2, 0.25) is 5.91 Å². The molecule has 1 atom stereocenters. The van der Waals surface area contributed by atoms with Gasteiger partial charge in [0, 0.05) is 25.7 Å². The molecule has 2 aromatic rings. The van der Waals surface area contributed by atoms with Crippen molar-refractivity contribution in [3.8, 4) is 0 Å². The fourth-order valence-electron chi connectivity index (χ4n) is 3.18. The minimum Gasteiger partial charge on any atom is -0.394 e. The number of aliphatic hydroxyl groups excluding tert-OH is 1. The van der Waals surface area contributed by atoms with E-state index < -0.39 is 11.9 Å². The molecule has 5 nitrogen and oxygen atoms in total. The Labute approximate surface area is 174 Å². The Hall–Kier alpha value is -2.25. The van der Waals surface area contributed by atoms with Gasteiger partial charge in [-0.05, 0) is 34.9 Å². The largest absolute Gasteiger partial charge is 0.394 e. The van der Waals surface area contributed by atoms with Crippen molar-refractivity contribution in [2.45, 2.75) is 12.6 Å². The Balaban J connectivity index is 1.63. The van der Waals surface area contributed by atoms with E-state index in [9.17, 15) is 14.3 Å². The van der Waals surface area contributed by atoms with Crippen LogP contribution in [0, 0.1) is 5.82 Å². The first-order valence-electron chi connectivity index (χ1n) is 9.48. The lowest BCUT2D eigenvalue weighted by molar-refractivity contribution is -0.117. The van der Waals surface area contributed by atoms with Crippen molar-refractivity contribution in [1.29, 1.82) is 0 Å². The van der Waals surface area contributed by atoms with Crippen LogP contribution in [0.3, 0.4) is 0 Å². The lowest BCUT2D eigenvalue weighted by Gasteiger charge is -2.27. The van der Waals surface area contributed by atoms with Crippen LogP contribution < -0.4 is 5.32 Å². The van der Waals surface area contributed by atoms with Crippen LogP contribution in [0.2, 0.25) is 5.02 Å². The number of hydrogen-bond acceptors (Lipinski definition) is 4. The third-order valence-electron chi connectivity index (χ3n) is 4.74. The zero-order valence-electron chi connectivity index (χ0n) is 16.0. The number of morpholine rings is 1. The lowest BCUT2D eigenvalue weighted by atomic mass is 10.0. The fraction of sp³-hybridized carbons (Fsp3) is 0.318. The molecule has 2 aromatic carbocycles. The Bertz CT molecular complexity index is 869. The first-order chi connectivity index (χ1) is 14.0. The van der Waals surface area contributed by atoms with Crippen molar-refractivity contribution < 1.29 is 19.0 Å². The van der Waals surface area contributed by atoms with Gasteiger partial charge >= 0.3 is 0 Å². The number of nitrogens with one attached hydrogen (secondary N) is 1. The van der Waals surface area contributed by atoms with Crippen molar-refractivity contribution in [2.75, 3.05) is 32.9 Å². The first-order valence-corrected chi connectivity index (χ1v) is 9.86. The van der Waals surface area contributed by atoms with Crippen LogP contribution in [0.5, 0.6) is 0 Å². The average molecular weight is 419 g/mol. The van der Waals surface area contributed by atoms with E-state index in [-0.39, 0.29) is 17.5 Å². The number of aliphatic hydroxyl groups is 1. The van der Waals surface area contributed by atoms with Gasteiger partial charge in [-0.15, -0.1) is 0 Å². The van der Waals surface area contributed by atoms with E-state index in [1.54, 1.807) is 0 Å². The number of amides is 1.